The van der Waals surface area contributed by atoms with Gasteiger partial charge >= 0.3 is 6.18 Å². The summed E-state index contributed by atoms with van der Waals surface area (Å²) in [5.74, 6) is 0.217. The number of rotatable bonds is 2. The van der Waals surface area contributed by atoms with E-state index in [-0.39, 0.29) is 11.9 Å². The van der Waals surface area contributed by atoms with Crippen LogP contribution in [-0.4, -0.2) is 33.2 Å². The van der Waals surface area contributed by atoms with E-state index >= 15 is 0 Å². The van der Waals surface area contributed by atoms with Gasteiger partial charge in [-0.1, -0.05) is 6.07 Å². The molecule has 0 N–H and O–H groups in total. The van der Waals surface area contributed by atoms with Crippen molar-refractivity contribution in [1.29, 1.82) is 0 Å². The van der Waals surface area contributed by atoms with Crippen LogP contribution in [0.4, 0.5) is 13.2 Å². The van der Waals surface area contributed by atoms with Crippen molar-refractivity contribution in [1.82, 2.24) is 14.7 Å². The first-order valence-electron chi connectivity index (χ1n) is 10.0. The molecule has 4 nitrogen and oxygen atoms in total. The maximum atomic E-state index is 13.5. The summed E-state index contributed by atoms with van der Waals surface area (Å²) in [5, 5.41) is 3.99. The van der Waals surface area contributed by atoms with Crippen molar-refractivity contribution in [3.05, 3.63) is 46.3 Å². The molecule has 1 amide bonds. The highest BCUT2D eigenvalue weighted by Crippen LogP contribution is 2.37. The Kier molecular flexibility index (Phi) is 4.03. The number of benzene rings is 1. The van der Waals surface area contributed by atoms with Gasteiger partial charge in [0.2, 0.25) is 5.91 Å². The van der Waals surface area contributed by atoms with Gasteiger partial charge in [-0.2, -0.15) is 18.3 Å². The monoisotopic (exact) mass is 389 g/mol. The number of nitrogens with zero attached hydrogens (tertiary/aromatic N) is 3. The van der Waals surface area contributed by atoms with E-state index in [1.165, 1.54) is 10.2 Å². The first-order valence-corrected chi connectivity index (χ1v) is 10.0. The minimum Gasteiger partial charge on any atom is -0.339 e. The van der Waals surface area contributed by atoms with E-state index in [1.54, 1.807) is 0 Å². The molecule has 0 radical (unpaired) electrons. The number of alkyl halides is 3. The zero-order chi connectivity index (χ0) is 19.5. The van der Waals surface area contributed by atoms with Crippen LogP contribution in [0.3, 0.4) is 0 Å². The molecule has 0 saturated carbocycles. The summed E-state index contributed by atoms with van der Waals surface area (Å²) >= 11 is 0. The number of hydrogen-bond acceptors (Lipinski definition) is 2. The van der Waals surface area contributed by atoms with E-state index in [9.17, 15) is 18.0 Å². The number of fused-ring (bicyclic) bond motifs is 2. The van der Waals surface area contributed by atoms with Crippen molar-refractivity contribution in [2.75, 3.05) is 6.54 Å². The molecule has 0 bridgehead atoms. The lowest BCUT2D eigenvalue weighted by Crippen LogP contribution is -2.36. The molecule has 2 heterocycles. The van der Waals surface area contributed by atoms with Gasteiger partial charge in [-0.15, -0.1) is 0 Å². The van der Waals surface area contributed by atoms with Gasteiger partial charge in [0.05, 0.1) is 5.69 Å². The van der Waals surface area contributed by atoms with E-state index in [0.29, 0.717) is 36.2 Å². The second-order valence-corrected chi connectivity index (χ2v) is 8.10. The van der Waals surface area contributed by atoms with Gasteiger partial charge in [-0.3, -0.25) is 4.79 Å². The molecule has 5 rings (SSSR count). The third kappa shape index (κ3) is 2.83. The predicted octanol–water partition coefficient (Wildman–Crippen LogP) is 3.86. The average molecular weight is 389 g/mol. The molecular weight excluding hydrogens is 367 g/mol. The lowest BCUT2D eigenvalue weighted by atomic mass is 9.95. The summed E-state index contributed by atoms with van der Waals surface area (Å²) in [4.78, 5) is 14.0. The van der Waals surface area contributed by atoms with E-state index in [2.05, 4.69) is 5.10 Å². The van der Waals surface area contributed by atoms with Crippen LogP contribution in [0.1, 0.15) is 53.8 Å². The van der Waals surface area contributed by atoms with Crippen LogP contribution < -0.4 is 0 Å². The number of hydrogen-bond donors (Lipinski definition) is 0. The van der Waals surface area contributed by atoms with Gasteiger partial charge in [0, 0.05) is 30.3 Å². The van der Waals surface area contributed by atoms with Crippen molar-refractivity contribution in [2.45, 2.75) is 63.6 Å². The number of carbonyl (C=O) groups is 1. The maximum absolute atomic E-state index is 13.5. The Morgan fingerprint density at radius 3 is 2.54 bits per heavy atom. The summed E-state index contributed by atoms with van der Waals surface area (Å²) in [6.07, 6.45) is 1.43. The lowest BCUT2D eigenvalue weighted by Gasteiger charge is -2.23. The molecule has 0 spiro atoms. The van der Waals surface area contributed by atoms with Crippen molar-refractivity contribution in [3.8, 4) is 5.69 Å². The normalized spacial score (nSPS) is 21.9. The molecule has 2 aromatic rings. The van der Waals surface area contributed by atoms with Crippen LogP contribution in [0.2, 0.25) is 0 Å². The molecule has 2 aliphatic carbocycles. The van der Waals surface area contributed by atoms with Crippen molar-refractivity contribution >= 4 is 5.91 Å². The predicted molar refractivity (Wildman–Crippen MR) is 97.4 cm³/mol. The van der Waals surface area contributed by atoms with Crippen LogP contribution in [0.5, 0.6) is 0 Å². The van der Waals surface area contributed by atoms with Crippen LogP contribution >= 0.6 is 0 Å². The second-order valence-electron chi connectivity index (χ2n) is 8.10. The Morgan fingerprint density at radius 1 is 1.00 bits per heavy atom. The molecule has 1 atom stereocenters. The Hall–Kier alpha value is -2.31. The van der Waals surface area contributed by atoms with Gasteiger partial charge < -0.3 is 4.90 Å². The summed E-state index contributed by atoms with van der Waals surface area (Å²) in [6, 6.07) is 6.01. The Labute approximate surface area is 161 Å². The minimum absolute atomic E-state index is 0.178. The van der Waals surface area contributed by atoms with Crippen molar-refractivity contribution < 1.29 is 18.0 Å². The molecule has 1 aromatic heterocycles. The largest absolute Gasteiger partial charge is 0.435 e. The number of carbonyl (C=O) groups excluding carboxylic acids is 1. The molecule has 1 fully saturated rings. The smallest absolute Gasteiger partial charge is 0.339 e. The van der Waals surface area contributed by atoms with Gasteiger partial charge in [0.15, 0.2) is 5.69 Å². The Morgan fingerprint density at radius 2 is 1.79 bits per heavy atom. The second kappa shape index (κ2) is 6.36. The van der Waals surface area contributed by atoms with Crippen LogP contribution in [0.15, 0.2) is 18.2 Å². The highest BCUT2D eigenvalue weighted by molar-refractivity contribution is 5.78. The zero-order valence-electron chi connectivity index (χ0n) is 15.6. The van der Waals surface area contributed by atoms with Crippen molar-refractivity contribution in [2.24, 2.45) is 0 Å². The SMILES string of the molecule is O=C1CCCN1[C@@H]1Cc2ccc(-n3nc(C(F)(F)F)c4c3CCCC4)cc2C1. The molecule has 3 aliphatic rings. The Bertz CT molecular complexity index is 947. The summed E-state index contributed by atoms with van der Waals surface area (Å²) in [5.41, 5.74) is 3.33. The van der Waals surface area contributed by atoms with Crippen molar-refractivity contribution in [3.63, 3.8) is 0 Å². The highest BCUT2D eigenvalue weighted by Gasteiger charge is 2.40. The summed E-state index contributed by atoms with van der Waals surface area (Å²) < 4.78 is 41.9. The molecule has 0 unspecified atom stereocenters. The molecular formula is C21H22F3N3O. The standard InChI is InChI=1S/C21H22F3N3O/c22-21(23,24)20-17-4-1-2-5-18(17)27(25-20)15-8-7-13-10-16(12-14(13)11-15)26-9-3-6-19(26)28/h7-8,11,16H,1-6,9-10,12H2/t16-/m1/s1. The molecule has 1 aliphatic heterocycles. The number of likely N-dealkylation sites (tertiary alicyclic amines) is 1. The van der Waals surface area contributed by atoms with Gasteiger partial charge in [-0.05, 0) is 68.2 Å². The first-order chi connectivity index (χ1) is 13.4. The number of aromatic nitrogens is 2. The third-order valence-corrected chi connectivity index (χ3v) is 6.35. The fourth-order valence-electron chi connectivity index (χ4n) is 5.03. The summed E-state index contributed by atoms with van der Waals surface area (Å²) in [6.45, 7) is 0.811. The lowest BCUT2D eigenvalue weighted by molar-refractivity contribution is -0.142. The molecule has 28 heavy (non-hydrogen) atoms. The Balaban J connectivity index is 1.50. The van der Waals surface area contributed by atoms with E-state index in [0.717, 1.165) is 44.2 Å². The fourth-order valence-corrected chi connectivity index (χ4v) is 5.03. The highest BCUT2D eigenvalue weighted by atomic mass is 19.4. The van der Waals surface area contributed by atoms with Gasteiger partial charge in [0.25, 0.3) is 0 Å². The van der Waals surface area contributed by atoms with E-state index < -0.39 is 11.9 Å². The zero-order valence-corrected chi connectivity index (χ0v) is 15.6. The molecule has 1 saturated heterocycles. The molecule has 7 heteroatoms. The van der Waals surface area contributed by atoms with Crippen LogP contribution in [0, 0.1) is 0 Å². The van der Waals surface area contributed by atoms with Gasteiger partial charge in [0.1, 0.15) is 0 Å². The molecule has 1 aromatic carbocycles. The van der Waals surface area contributed by atoms with E-state index in [1.807, 2.05) is 23.1 Å². The van der Waals surface area contributed by atoms with Gasteiger partial charge in [-0.25, -0.2) is 4.68 Å². The van der Waals surface area contributed by atoms with E-state index in [4.69, 9.17) is 0 Å². The topological polar surface area (TPSA) is 38.1 Å². The molecule has 148 valence electrons. The minimum atomic E-state index is -4.43. The number of amides is 1. The first kappa shape index (κ1) is 17.8. The number of halogens is 3. The maximum Gasteiger partial charge on any atom is 0.435 e. The van der Waals surface area contributed by atoms with Crippen LogP contribution in [0.25, 0.3) is 5.69 Å². The fraction of sp³-hybridized carbons (Fsp3) is 0.524. The summed E-state index contributed by atoms with van der Waals surface area (Å²) in [7, 11) is 0. The van der Waals surface area contributed by atoms with Crippen LogP contribution in [-0.2, 0) is 36.7 Å². The quantitative estimate of drug-likeness (QED) is 0.782. The third-order valence-electron chi connectivity index (χ3n) is 6.35. The average Bonchev–Trinajstić information content (AvgIpc) is 3.35.